The van der Waals surface area contributed by atoms with Crippen LogP contribution >= 0.6 is 0 Å². The van der Waals surface area contributed by atoms with Crippen molar-refractivity contribution in [3.05, 3.63) is 35.1 Å². The largest absolute Gasteiger partial charge is 0.444 e. The lowest BCUT2D eigenvalue weighted by molar-refractivity contribution is -0.137. The van der Waals surface area contributed by atoms with Gasteiger partial charge in [0.25, 0.3) is 0 Å². The molecule has 2 rings (SSSR count). The van der Waals surface area contributed by atoms with Crippen LogP contribution < -0.4 is 0 Å². The number of benzene rings is 1. The Kier molecular flexibility index (Phi) is 5.32. The summed E-state index contributed by atoms with van der Waals surface area (Å²) in [6, 6.07) is 2.08. The second kappa shape index (κ2) is 6.82. The zero-order valence-electron chi connectivity index (χ0n) is 14.5. The van der Waals surface area contributed by atoms with Crippen molar-refractivity contribution in [2.24, 2.45) is 0 Å². The Bertz CT molecular complexity index is 640. The molecule has 0 spiro atoms. The highest BCUT2D eigenvalue weighted by Crippen LogP contribution is 2.31. The molecule has 0 aromatic heterocycles. The molecule has 1 fully saturated rings. The summed E-state index contributed by atoms with van der Waals surface area (Å²) in [7, 11) is 0. The molecule has 0 aliphatic carbocycles. The summed E-state index contributed by atoms with van der Waals surface area (Å²) in [6.07, 6.45) is -5.37. The van der Waals surface area contributed by atoms with Crippen LogP contribution in [0.25, 0.3) is 0 Å². The molecule has 1 amide bonds. The molecule has 2 atom stereocenters. The van der Waals surface area contributed by atoms with Gasteiger partial charge in [-0.05, 0) is 39.8 Å². The number of likely N-dealkylation sites (tertiary alicyclic amines) is 1. The first-order valence-electron chi connectivity index (χ1n) is 7.85. The van der Waals surface area contributed by atoms with Gasteiger partial charge in [0.2, 0.25) is 0 Å². The minimum absolute atomic E-state index is 0.0379. The third-order valence-electron chi connectivity index (χ3n) is 3.87. The van der Waals surface area contributed by atoms with Gasteiger partial charge < -0.3 is 14.4 Å². The summed E-state index contributed by atoms with van der Waals surface area (Å²) in [5, 5.41) is 0. The second-order valence-electron chi connectivity index (χ2n) is 7.03. The highest BCUT2D eigenvalue weighted by atomic mass is 19.4. The maximum atomic E-state index is 13.8. The number of rotatable bonds is 3. The van der Waals surface area contributed by atoms with Crippen LogP contribution in [0.4, 0.5) is 22.4 Å². The summed E-state index contributed by atoms with van der Waals surface area (Å²) in [6.45, 7) is 7.17. The fourth-order valence-electron chi connectivity index (χ4n) is 2.37. The number of ether oxygens (including phenoxy) is 2. The van der Waals surface area contributed by atoms with Gasteiger partial charge in [-0.25, -0.2) is 9.18 Å². The van der Waals surface area contributed by atoms with Gasteiger partial charge in [-0.2, -0.15) is 13.2 Å². The fourth-order valence-corrected chi connectivity index (χ4v) is 2.37. The maximum Gasteiger partial charge on any atom is 0.416 e. The lowest BCUT2D eigenvalue weighted by Crippen LogP contribution is -2.62. The average molecular weight is 363 g/mol. The molecule has 0 saturated carbocycles. The van der Waals surface area contributed by atoms with Crippen LogP contribution in [-0.4, -0.2) is 35.3 Å². The van der Waals surface area contributed by atoms with Crippen LogP contribution in [0.3, 0.4) is 0 Å². The summed E-state index contributed by atoms with van der Waals surface area (Å²) in [4.78, 5) is 13.4. The summed E-state index contributed by atoms with van der Waals surface area (Å²) < 4.78 is 62.1. The molecule has 4 nitrogen and oxygen atoms in total. The van der Waals surface area contributed by atoms with Crippen LogP contribution in [0.15, 0.2) is 18.2 Å². The Hall–Kier alpha value is -1.83. The number of hydrogen-bond acceptors (Lipinski definition) is 3. The van der Waals surface area contributed by atoms with Crippen molar-refractivity contribution in [2.45, 2.75) is 58.2 Å². The van der Waals surface area contributed by atoms with Crippen LogP contribution in [0.2, 0.25) is 0 Å². The van der Waals surface area contributed by atoms with E-state index in [1.54, 1.807) is 27.7 Å². The Morgan fingerprint density at radius 3 is 2.40 bits per heavy atom. The van der Waals surface area contributed by atoms with Gasteiger partial charge in [0.15, 0.2) is 0 Å². The summed E-state index contributed by atoms with van der Waals surface area (Å²) >= 11 is 0. The Morgan fingerprint density at radius 2 is 1.92 bits per heavy atom. The van der Waals surface area contributed by atoms with Crippen LogP contribution in [0, 0.1) is 5.82 Å². The van der Waals surface area contributed by atoms with Crippen LogP contribution in [0.1, 0.15) is 38.8 Å². The minimum Gasteiger partial charge on any atom is -0.444 e. The molecule has 2 unspecified atom stereocenters. The molecule has 1 heterocycles. The van der Waals surface area contributed by atoms with E-state index in [0.717, 1.165) is 12.1 Å². The number of carbonyl (C=O) groups is 1. The smallest absolute Gasteiger partial charge is 0.416 e. The van der Waals surface area contributed by atoms with Gasteiger partial charge in [0, 0.05) is 5.56 Å². The second-order valence-corrected chi connectivity index (χ2v) is 7.03. The van der Waals surface area contributed by atoms with Gasteiger partial charge in [0.05, 0.1) is 30.9 Å². The predicted molar refractivity (Wildman–Crippen MR) is 82.4 cm³/mol. The van der Waals surface area contributed by atoms with E-state index < -0.39 is 29.3 Å². The van der Waals surface area contributed by atoms with Crippen LogP contribution in [-0.2, 0) is 22.3 Å². The molecule has 140 valence electrons. The van der Waals surface area contributed by atoms with Gasteiger partial charge in [-0.3, -0.25) is 0 Å². The molecule has 0 radical (unpaired) electrons. The Morgan fingerprint density at radius 1 is 1.28 bits per heavy atom. The monoisotopic (exact) mass is 363 g/mol. The topological polar surface area (TPSA) is 38.8 Å². The van der Waals surface area contributed by atoms with Crippen LogP contribution in [0.5, 0.6) is 0 Å². The Labute approximate surface area is 143 Å². The summed E-state index contributed by atoms with van der Waals surface area (Å²) in [5.74, 6) is -0.967. The molecule has 1 aromatic carbocycles. The third kappa shape index (κ3) is 4.84. The lowest BCUT2D eigenvalue weighted by Gasteiger charge is -2.45. The SMILES string of the molecule is CC1C(OCc2ccc(C(F)(F)F)cc2F)CN1C(=O)OC(C)(C)C. The fraction of sp³-hybridized carbons (Fsp3) is 0.588. The van der Waals surface area contributed by atoms with E-state index in [2.05, 4.69) is 0 Å². The average Bonchev–Trinajstić information content (AvgIpc) is 2.44. The minimum atomic E-state index is -4.59. The van der Waals surface area contributed by atoms with Gasteiger partial charge >= 0.3 is 12.3 Å². The zero-order valence-corrected chi connectivity index (χ0v) is 14.5. The quantitative estimate of drug-likeness (QED) is 0.749. The number of halogens is 4. The van der Waals surface area contributed by atoms with Crippen molar-refractivity contribution in [2.75, 3.05) is 6.54 Å². The van der Waals surface area contributed by atoms with Crippen molar-refractivity contribution in [3.8, 4) is 0 Å². The third-order valence-corrected chi connectivity index (χ3v) is 3.87. The molecule has 1 aliphatic heterocycles. The highest BCUT2D eigenvalue weighted by Gasteiger charge is 2.41. The van der Waals surface area contributed by atoms with Crippen molar-refractivity contribution < 1.29 is 31.8 Å². The molecular weight excluding hydrogens is 342 g/mol. The highest BCUT2D eigenvalue weighted by molar-refractivity contribution is 5.69. The number of alkyl halides is 3. The van der Waals surface area contributed by atoms with E-state index in [1.165, 1.54) is 4.90 Å². The molecule has 25 heavy (non-hydrogen) atoms. The predicted octanol–water partition coefficient (Wildman–Crippen LogP) is 4.37. The Balaban J connectivity index is 1.88. The molecule has 1 aromatic rings. The van der Waals surface area contributed by atoms with Crippen molar-refractivity contribution >= 4 is 6.09 Å². The first-order chi connectivity index (χ1) is 11.4. The van der Waals surface area contributed by atoms with E-state index in [1.807, 2.05) is 0 Å². The first kappa shape index (κ1) is 19.5. The van der Waals surface area contributed by atoms with Gasteiger partial charge in [-0.15, -0.1) is 0 Å². The van der Waals surface area contributed by atoms with E-state index in [0.29, 0.717) is 12.6 Å². The van der Waals surface area contributed by atoms with Gasteiger partial charge in [-0.1, -0.05) is 6.07 Å². The van der Waals surface area contributed by atoms with E-state index in [-0.39, 0.29) is 24.3 Å². The normalized spacial score (nSPS) is 21.0. The maximum absolute atomic E-state index is 13.8. The molecular formula is C17H21F4NO3. The van der Waals surface area contributed by atoms with E-state index >= 15 is 0 Å². The summed E-state index contributed by atoms with van der Waals surface area (Å²) in [5.41, 5.74) is -1.61. The molecule has 8 heteroatoms. The van der Waals surface area contributed by atoms with Crippen molar-refractivity contribution in [3.63, 3.8) is 0 Å². The van der Waals surface area contributed by atoms with E-state index in [4.69, 9.17) is 9.47 Å². The van der Waals surface area contributed by atoms with Gasteiger partial charge in [0.1, 0.15) is 11.4 Å². The zero-order chi connectivity index (χ0) is 19.0. The molecule has 1 saturated heterocycles. The van der Waals surface area contributed by atoms with Crippen molar-refractivity contribution in [1.29, 1.82) is 0 Å². The number of nitrogens with zero attached hydrogens (tertiary/aromatic N) is 1. The molecule has 0 N–H and O–H groups in total. The molecule has 1 aliphatic rings. The van der Waals surface area contributed by atoms with E-state index in [9.17, 15) is 22.4 Å². The number of amides is 1. The first-order valence-corrected chi connectivity index (χ1v) is 7.85. The number of hydrogen-bond donors (Lipinski definition) is 0. The standard InChI is InChI=1S/C17H21F4NO3/c1-10-14(8-22(10)15(23)25-16(2,3)4)24-9-11-5-6-12(7-13(11)18)17(19,20)21/h5-7,10,14H,8-9H2,1-4H3. The number of carbonyl (C=O) groups excluding carboxylic acids is 1. The molecule has 0 bridgehead atoms. The lowest BCUT2D eigenvalue weighted by atomic mass is 10.0. The van der Waals surface area contributed by atoms with Crippen molar-refractivity contribution in [1.82, 2.24) is 4.90 Å².